The Morgan fingerprint density at radius 2 is 2.00 bits per heavy atom. The van der Waals surface area contributed by atoms with E-state index >= 15 is 0 Å². The summed E-state index contributed by atoms with van der Waals surface area (Å²) in [6, 6.07) is 4.36. The predicted octanol–water partition coefficient (Wildman–Crippen LogP) is 1.20. The van der Waals surface area contributed by atoms with Crippen LogP contribution in [0.1, 0.15) is 12.5 Å². The second-order valence-corrected chi connectivity index (χ2v) is 4.55. The number of hydrogen-bond acceptors (Lipinski definition) is 3. The number of anilines is 1. The minimum Gasteiger partial charge on any atom is -0.325 e. The summed E-state index contributed by atoms with van der Waals surface area (Å²) in [7, 11) is -4.32. The van der Waals surface area contributed by atoms with Crippen molar-refractivity contribution in [1.29, 1.82) is 0 Å². The van der Waals surface area contributed by atoms with Gasteiger partial charge in [-0.05, 0) is 24.6 Å². The first kappa shape index (κ1) is 11.7. The highest BCUT2D eigenvalue weighted by Crippen LogP contribution is 2.22. The van der Waals surface area contributed by atoms with Crippen LogP contribution in [0.4, 0.5) is 5.69 Å². The van der Waals surface area contributed by atoms with Crippen molar-refractivity contribution in [2.75, 3.05) is 5.32 Å². The Morgan fingerprint density at radius 1 is 1.40 bits per heavy atom. The van der Waals surface area contributed by atoms with Gasteiger partial charge in [-0.25, -0.2) is 0 Å². The van der Waals surface area contributed by atoms with E-state index in [9.17, 15) is 13.2 Å². The zero-order chi connectivity index (χ0) is 11.6. The normalized spacial score (nSPS) is 11.1. The van der Waals surface area contributed by atoms with Crippen LogP contribution in [0.3, 0.4) is 0 Å². The van der Waals surface area contributed by atoms with E-state index in [-0.39, 0.29) is 10.6 Å². The third kappa shape index (κ3) is 3.03. The molecule has 1 rings (SSSR count). The number of aryl methyl sites for hydroxylation is 1. The van der Waals surface area contributed by atoms with Gasteiger partial charge in [0.2, 0.25) is 5.91 Å². The molecule has 15 heavy (non-hydrogen) atoms. The molecule has 82 valence electrons. The van der Waals surface area contributed by atoms with E-state index in [2.05, 4.69) is 5.32 Å². The summed E-state index contributed by atoms with van der Waals surface area (Å²) >= 11 is 0. The Kier molecular flexibility index (Phi) is 3.11. The van der Waals surface area contributed by atoms with Gasteiger partial charge in [-0.15, -0.1) is 0 Å². The molecule has 2 N–H and O–H groups in total. The van der Waals surface area contributed by atoms with Crippen LogP contribution in [-0.4, -0.2) is 18.9 Å². The Hall–Kier alpha value is -1.40. The minimum atomic E-state index is -4.32. The van der Waals surface area contributed by atoms with E-state index in [1.165, 1.54) is 19.1 Å². The molecule has 6 heteroatoms. The number of nitrogens with one attached hydrogen (secondary N) is 1. The van der Waals surface area contributed by atoms with E-state index in [0.717, 1.165) is 0 Å². The fourth-order valence-corrected chi connectivity index (χ4v) is 1.87. The highest BCUT2D eigenvalue weighted by molar-refractivity contribution is 7.86. The molecular weight excluding hydrogens is 218 g/mol. The van der Waals surface area contributed by atoms with E-state index in [1.54, 1.807) is 13.0 Å². The lowest BCUT2D eigenvalue weighted by Crippen LogP contribution is -2.10. The van der Waals surface area contributed by atoms with Gasteiger partial charge in [-0.1, -0.05) is 6.07 Å². The Balaban J connectivity index is 3.33. The molecule has 0 saturated heterocycles. The fraction of sp³-hybridized carbons (Fsp3) is 0.222. The summed E-state index contributed by atoms with van der Waals surface area (Å²) in [5, 5.41) is 2.33. The molecular formula is C9H11NO4S. The lowest BCUT2D eigenvalue weighted by Gasteiger charge is -2.07. The Morgan fingerprint density at radius 3 is 2.47 bits per heavy atom. The summed E-state index contributed by atoms with van der Waals surface area (Å²) in [4.78, 5) is 10.5. The highest BCUT2D eigenvalue weighted by Gasteiger charge is 2.16. The number of carbonyl (C=O) groups excluding carboxylic acids is 1. The standard InChI is InChI=1S/C9H11NO4S/c1-6-3-4-8(10-7(2)11)9(5-6)15(12,13)14/h3-5H,1-2H3,(H,10,11)(H,12,13,14). The first-order valence-corrected chi connectivity index (χ1v) is 5.60. The van der Waals surface area contributed by atoms with Gasteiger partial charge >= 0.3 is 0 Å². The van der Waals surface area contributed by atoms with Crippen LogP contribution in [0.15, 0.2) is 23.1 Å². The van der Waals surface area contributed by atoms with E-state index < -0.39 is 16.0 Å². The van der Waals surface area contributed by atoms with Crippen molar-refractivity contribution in [2.24, 2.45) is 0 Å². The predicted molar refractivity (Wildman–Crippen MR) is 55.3 cm³/mol. The van der Waals surface area contributed by atoms with Crippen LogP contribution >= 0.6 is 0 Å². The van der Waals surface area contributed by atoms with Gasteiger partial charge in [0, 0.05) is 6.92 Å². The summed E-state index contributed by atoms with van der Waals surface area (Å²) in [6.07, 6.45) is 0. The van der Waals surface area contributed by atoms with Gasteiger partial charge < -0.3 is 5.32 Å². The summed E-state index contributed by atoms with van der Waals surface area (Å²) < 4.78 is 30.9. The molecule has 0 unspecified atom stereocenters. The molecule has 1 amide bonds. The molecule has 0 aliphatic carbocycles. The van der Waals surface area contributed by atoms with Crippen molar-refractivity contribution in [3.05, 3.63) is 23.8 Å². The second kappa shape index (κ2) is 4.00. The number of benzene rings is 1. The van der Waals surface area contributed by atoms with Crippen LogP contribution in [0.2, 0.25) is 0 Å². The van der Waals surface area contributed by atoms with Crippen LogP contribution in [0.25, 0.3) is 0 Å². The minimum absolute atomic E-state index is 0.0793. The molecule has 0 aliphatic rings. The maximum atomic E-state index is 11.0. The van der Waals surface area contributed by atoms with Crippen molar-refractivity contribution in [1.82, 2.24) is 0 Å². The monoisotopic (exact) mass is 229 g/mol. The lowest BCUT2D eigenvalue weighted by atomic mass is 10.2. The van der Waals surface area contributed by atoms with E-state index in [0.29, 0.717) is 5.56 Å². The summed E-state index contributed by atoms with van der Waals surface area (Å²) in [6.45, 7) is 2.94. The number of rotatable bonds is 2. The molecule has 0 aromatic heterocycles. The molecule has 0 radical (unpaired) electrons. The van der Waals surface area contributed by atoms with Crippen molar-refractivity contribution in [2.45, 2.75) is 18.7 Å². The molecule has 0 fully saturated rings. The molecule has 0 spiro atoms. The van der Waals surface area contributed by atoms with E-state index in [4.69, 9.17) is 4.55 Å². The zero-order valence-electron chi connectivity index (χ0n) is 8.31. The van der Waals surface area contributed by atoms with Crippen LogP contribution < -0.4 is 5.32 Å². The van der Waals surface area contributed by atoms with Crippen molar-refractivity contribution in [3.8, 4) is 0 Å². The van der Waals surface area contributed by atoms with Gasteiger partial charge in [-0.2, -0.15) is 8.42 Å². The average molecular weight is 229 g/mol. The maximum absolute atomic E-state index is 11.0. The summed E-state index contributed by atoms with van der Waals surface area (Å²) in [5.41, 5.74) is 0.757. The highest BCUT2D eigenvalue weighted by atomic mass is 32.2. The SMILES string of the molecule is CC(=O)Nc1ccc(C)cc1S(=O)(=O)O. The number of hydrogen-bond donors (Lipinski definition) is 2. The van der Waals surface area contributed by atoms with Gasteiger partial charge in [0.15, 0.2) is 0 Å². The van der Waals surface area contributed by atoms with Gasteiger partial charge in [0.1, 0.15) is 4.90 Å². The molecule has 1 aromatic rings. The van der Waals surface area contributed by atoms with Gasteiger partial charge in [0.25, 0.3) is 10.1 Å². The molecule has 0 aliphatic heterocycles. The molecule has 1 aromatic carbocycles. The van der Waals surface area contributed by atoms with Crippen molar-refractivity contribution < 1.29 is 17.8 Å². The summed E-state index contributed by atoms with van der Waals surface area (Å²) in [5.74, 6) is -0.399. The fourth-order valence-electron chi connectivity index (χ4n) is 1.14. The smallest absolute Gasteiger partial charge is 0.296 e. The van der Waals surface area contributed by atoms with Gasteiger partial charge in [0.05, 0.1) is 5.69 Å². The number of carbonyl (C=O) groups is 1. The first-order chi connectivity index (χ1) is 6.80. The second-order valence-electron chi connectivity index (χ2n) is 3.16. The third-order valence-corrected chi connectivity index (χ3v) is 2.62. The van der Waals surface area contributed by atoms with Crippen LogP contribution in [0.5, 0.6) is 0 Å². The van der Waals surface area contributed by atoms with E-state index in [1.807, 2.05) is 0 Å². The maximum Gasteiger partial charge on any atom is 0.296 e. The third-order valence-electron chi connectivity index (χ3n) is 1.73. The molecule has 0 bridgehead atoms. The Bertz CT molecular complexity index is 493. The quantitative estimate of drug-likeness (QED) is 0.746. The topological polar surface area (TPSA) is 83.5 Å². The lowest BCUT2D eigenvalue weighted by molar-refractivity contribution is -0.114. The zero-order valence-corrected chi connectivity index (χ0v) is 9.13. The number of amides is 1. The van der Waals surface area contributed by atoms with Crippen molar-refractivity contribution >= 4 is 21.7 Å². The average Bonchev–Trinajstić information content (AvgIpc) is 2.05. The molecule has 0 saturated carbocycles. The van der Waals surface area contributed by atoms with Crippen LogP contribution in [-0.2, 0) is 14.9 Å². The Labute approximate surface area is 87.9 Å². The molecule has 0 atom stereocenters. The first-order valence-electron chi connectivity index (χ1n) is 4.16. The van der Waals surface area contributed by atoms with Crippen LogP contribution in [0, 0.1) is 6.92 Å². The van der Waals surface area contributed by atoms with Crippen molar-refractivity contribution in [3.63, 3.8) is 0 Å². The van der Waals surface area contributed by atoms with Gasteiger partial charge in [-0.3, -0.25) is 9.35 Å². The molecule has 5 nitrogen and oxygen atoms in total. The largest absolute Gasteiger partial charge is 0.325 e. The molecule has 0 heterocycles.